The van der Waals surface area contributed by atoms with E-state index in [2.05, 4.69) is 15.5 Å². The van der Waals surface area contributed by atoms with Gasteiger partial charge in [0.1, 0.15) is 5.75 Å². The summed E-state index contributed by atoms with van der Waals surface area (Å²) in [5, 5.41) is 11.9. The largest absolute Gasteiger partial charge is 0.481 e. The van der Waals surface area contributed by atoms with Gasteiger partial charge in [0.15, 0.2) is 22.9 Å². The minimum atomic E-state index is -0.434. The highest BCUT2D eigenvalue weighted by atomic mass is 35.5. The monoisotopic (exact) mass is 458 g/mol. The zero-order chi connectivity index (χ0) is 22.5. The van der Waals surface area contributed by atoms with Crippen molar-refractivity contribution in [2.75, 3.05) is 5.32 Å². The standard InChI is InChI=1S/C22H23ClN4O3S/c1-13(28)16-8-7-9-17(12-16)24-21(29)15(3)31-22-26-25-20(27(22)4)14(2)30-19-11-6-5-10-18(19)23/h5-12,14-15H,1-4H3,(H,24,29). The molecular formula is C22H23ClN4O3S. The summed E-state index contributed by atoms with van der Waals surface area (Å²) in [6, 6.07) is 14.1. The van der Waals surface area contributed by atoms with Crippen LogP contribution in [0.15, 0.2) is 53.7 Å². The first-order valence-electron chi connectivity index (χ1n) is 9.65. The van der Waals surface area contributed by atoms with Gasteiger partial charge in [0, 0.05) is 18.3 Å². The number of amides is 1. The van der Waals surface area contributed by atoms with E-state index in [9.17, 15) is 9.59 Å². The fourth-order valence-corrected chi connectivity index (χ4v) is 3.84. The second kappa shape index (κ2) is 9.98. The van der Waals surface area contributed by atoms with Crippen LogP contribution in [0.2, 0.25) is 5.02 Å². The number of benzene rings is 2. The van der Waals surface area contributed by atoms with E-state index in [1.54, 1.807) is 47.9 Å². The Morgan fingerprint density at radius 2 is 1.87 bits per heavy atom. The molecule has 2 atom stereocenters. The number of anilines is 1. The van der Waals surface area contributed by atoms with Crippen molar-refractivity contribution in [3.05, 3.63) is 64.9 Å². The number of hydrogen-bond donors (Lipinski definition) is 1. The van der Waals surface area contributed by atoms with E-state index in [4.69, 9.17) is 16.3 Å². The SMILES string of the molecule is CC(=O)c1cccc(NC(=O)C(C)Sc2nnc(C(C)Oc3ccccc3Cl)n2C)c1. The van der Waals surface area contributed by atoms with E-state index in [-0.39, 0.29) is 17.8 Å². The van der Waals surface area contributed by atoms with Crippen LogP contribution in [0.4, 0.5) is 5.69 Å². The third-order valence-corrected chi connectivity index (χ3v) is 6.01. The first-order chi connectivity index (χ1) is 14.8. The molecular weight excluding hydrogens is 436 g/mol. The number of rotatable bonds is 8. The zero-order valence-electron chi connectivity index (χ0n) is 17.6. The minimum Gasteiger partial charge on any atom is -0.481 e. The highest BCUT2D eigenvalue weighted by Crippen LogP contribution is 2.30. The van der Waals surface area contributed by atoms with Crippen molar-refractivity contribution in [3.8, 4) is 5.75 Å². The van der Waals surface area contributed by atoms with Gasteiger partial charge in [-0.3, -0.25) is 9.59 Å². The second-order valence-electron chi connectivity index (χ2n) is 6.98. The smallest absolute Gasteiger partial charge is 0.237 e. The molecule has 0 radical (unpaired) electrons. The van der Waals surface area contributed by atoms with E-state index in [1.807, 2.05) is 26.1 Å². The normalized spacial score (nSPS) is 12.8. The van der Waals surface area contributed by atoms with Crippen LogP contribution in [0.3, 0.4) is 0 Å². The molecule has 2 unspecified atom stereocenters. The maximum atomic E-state index is 12.6. The molecule has 0 saturated heterocycles. The Labute approximate surface area is 190 Å². The summed E-state index contributed by atoms with van der Waals surface area (Å²) in [5.74, 6) is 0.924. The maximum Gasteiger partial charge on any atom is 0.237 e. The lowest BCUT2D eigenvalue weighted by atomic mass is 10.1. The third-order valence-electron chi connectivity index (χ3n) is 4.56. The quantitative estimate of drug-likeness (QED) is 0.380. The van der Waals surface area contributed by atoms with Crippen LogP contribution in [-0.4, -0.2) is 31.7 Å². The predicted molar refractivity (Wildman–Crippen MR) is 122 cm³/mol. The summed E-state index contributed by atoms with van der Waals surface area (Å²) in [6.45, 7) is 5.13. The van der Waals surface area contributed by atoms with Gasteiger partial charge in [-0.2, -0.15) is 0 Å². The van der Waals surface area contributed by atoms with Crippen LogP contribution in [0.5, 0.6) is 5.75 Å². The molecule has 1 amide bonds. The number of halogens is 1. The van der Waals surface area contributed by atoms with Gasteiger partial charge in [-0.25, -0.2) is 0 Å². The molecule has 0 fully saturated rings. The van der Waals surface area contributed by atoms with Crippen molar-refractivity contribution < 1.29 is 14.3 Å². The zero-order valence-corrected chi connectivity index (χ0v) is 19.2. The number of nitrogens with one attached hydrogen (secondary N) is 1. The average molecular weight is 459 g/mol. The Hall–Kier alpha value is -2.84. The molecule has 3 aromatic rings. The van der Waals surface area contributed by atoms with Gasteiger partial charge in [-0.05, 0) is 45.0 Å². The van der Waals surface area contributed by atoms with E-state index in [0.717, 1.165) is 0 Å². The number of nitrogens with zero attached hydrogens (tertiary/aromatic N) is 3. The molecule has 0 aliphatic heterocycles. The molecule has 0 saturated carbocycles. The van der Waals surface area contributed by atoms with Gasteiger partial charge in [0.2, 0.25) is 5.91 Å². The van der Waals surface area contributed by atoms with Crippen molar-refractivity contribution in [2.24, 2.45) is 7.05 Å². The molecule has 0 aliphatic carbocycles. The number of para-hydroxylation sites is 1. The van der Waals surface area contributed by atoms with Crippen LogP contribution in [0, 0.1) is 0 Å². The molecule has 0 aliphatic rings. The van der Waals surface area contributed by atoms with Gasteiger partial charge >= 0.3 is 0 Å². The van der Waals surface area contributed by atoms with Crippen molar-refractivity contribution in [1.29, 1.82) is 0 Å². The number of carbonyl (C=O) groups is 2. The van der Waals surface area contributed by atoms with Gasteiger partial charge < -0.3 is 14.6 Å². The number of ketones is 1. The molecule has 0 bridgehead atoms. The molecule has 3 rings (SSSR count). The van der Waals surface area contributed by atoms with Crippen molar-refractivity contribution >= 4 is 40.7 Å². The number of hydrogen-bond acceptors (Lipinski definition) is 6. The molecule has 31 heavy (non-hydrogen) atoms. The van der Waals surface area contributed by atoms with Gasteiger partial charge in [0.05, 0.1) is 10.3 Å². The van der Waals surface area contributed by atoms with Crippen molar-refractivity contribution in [3.63, 3.8) is 0 Å². The summed E-state index contributed by atoms with van der Waals surface area (Å²) in [4.78, 5) is 24.1. The summed E-state index contributed by atoms with van der Waals surface area (Å²) >= 11 is 7.45. The fourth-order valence-electron chi connectivity index (χ4n) is 2.84. The molecule has 9 heteroatoms. The summed E-state index contributed by atoms with van der Waals surface area (Å²) in [5.41, 5.74) is 1.12. The van der Waals surface area contributed by atoms with E-state index < -0.39 is 5.25 Å². The van der Waals surface area contributed by atoms with E-state index >= 15 is 0 Å². The Bertz CT molecular complexity index is 1100. The topological polar surface area (TPSA) is 86.1 Å². The maximum absolute atomic E-state index is 12.6. The minimum absolute atomic E-state index is 0.0572. The highest BCUT2D eigenvalue weighted by Gasteiger charge is 2.22. The van der Waals surface area contributed by atoms with Crippen LogP contribution in [0.25, 0.3) is 0 Å². The molecule has 1 N–H and O–H groups in total. The number of carbonyl (C=O) groups excluding carboxylic acids is 2. The number of ether oxygens (including phenoxy) is 1. The fraction of sp³-hybridized carbons (Fsp3) is 0.273. The molecule has 0 spiro atoms. The van der Waals surface area contributed by atoms with Crippen molar-refractivity contribution in [2.45, 2.75) is 37.3 Å². The van der Waals surface area contributed by atoms with Crippen LogP contribution >= 0.6 is 23.4 Å². The third kappa shape index (κ3) is 5.65. The first kappa shape index (κ1) is 22.8. The summed E-state index contributed by atoms with van der Waals surface area (Å²) in [7, 11) is 1.82. The number of aromatic nitrogens is 3. The second-order valence-corrected chi connectivity index (χ2v) is 8.69. The average Bonchev–Trinajstić information content (AvgIpc) is 3.10. The van der Waals surface area contributed by atoms with Gasteiger partial charge in [-0.1, -0.05) is 47.6 Å². The molecule has 1 aromatic heterocycles. The summed E-state index contributed by atoms with van der Waals surface area (Å²) < 4.78 is 7.71. The Morgan fingerprint density at radius 3 is 2.58 bits per heavy atom. The number of thioether (sulfide) groups is 1. The molecule has 162 valence electrons. The van der Waals surface area contributed by atoms with Crippen LogP contribution in [0.1, 0.15) is 43.1 Å². The van der Waals surface area contributed by atoms with Gasteiger partial charge in [-0.15, -0.1) is 10.2 Å². The lowest BCUT2D eigenvalue weighted by Crippen LogP contribution is -2.23. The van der Waals surface area contributed by atoms with Crippen LogP contribution in [-0.2, 0) is 11.8 Å². The summed E-state index contributed by atoms with van der Waals surface area (Å²) in [6.07, 6.45) is -0.384. The highest BCUT2D eigenvalue weighted by molar-refractivity contribution is 8.00. The first-order valence-corrected chi connectivity index (χ1v) is 10.9. The van der Waals surface area contributed by atoms with E-state index in [1.165, 1.54) is 18.7 Å². The molecule has 2 aromatic carbocycles. The molecule has 7 nitrogen and oxygen atoms in total. The van der Waals surface area contributed by atoms with Crippen molar-refractivity contribution in [1.82, 2.24) is 14.8 Å². The molecule has 1 heterocycles. The lowest BCUT2D eigenvalue weighted by Gasteiger charge is -2.16. The number of Topliss-reactive ketones (excluding diaryl/α,β-unsaturated/α-hetero) is 1. The van der Waals surface area contributed by atoms with Crippen LogP contribution < -0.4 is 10.1 Å². The Kier molecular flexibility index (Phi) is 7.35. The van der Waals surface area contributed by atoms with E-state index in [0.29, 0.717) is 33.0 Å². The Morgan fingerprint density at radius 1 is 1.13 bits per heavy atom. The lowest BCUT2D eigenvalue weighted by molar-refractivity contribution is -0.115. The Balaban J connectivity index is 1.65. The van der Waals surface area contributed by atoms with Gasteiger partial charge in [0.25, 0.3) is 0 Å². The predicted octanol–water partition coefficient (Wildman–Crippen LogP) is 4.93.